The molecule has 1 unspecified atom stereocenters. The van der Waals surface area contributed by atoms with Crippen LogP contribution in [0.5, 0.6) is 11.5 Å². The van der Waals surface area contributed by atoms with Gasteiger partial charge in [-0.25, -0.2) is 4.98 Å². The average molecular weight is 465 g/mol. The fourth-order valence-electron chi connectivity index (χ4n) is 3.75. The molecular weight excluding hydrogens is 440 g/mol. The molecule has 1 aliphatic rings. The number of ketones is 1. The van der Waals surface area contributed by atoms with Crippen LogP contribution in [-0.2, 0) is 9.59 Å². The summed E-state index contributed by atoms with van der Waals surface area (Å²) in [4.78, 5) is 33.2. The van der Waals surface area contributed by atoms with Crippen LogP contribution in [0.1, 0.15) is 34.7 Å². The van der Waals surface area contributed by atoms with Crippen LogP contribution in [0.3, 0.4) is 0 Å². The number of hydrogen-bond acceptors (Lipinski definition) is 7. The predicted octanol–water partition coefficient (Wildman–Crippen LogP) is 4.79. The zero-order valence-electron chi connectivity index (χ0n) is 18.8. The number of hydrogen-bond donors (Lipinski definition) is 1. The lowest BCUT2D eigenvalue weighted by molar-refractivity contribution is -0.132. The third kappa shape index (κ3) is 4.09. The number of ether oxygens (including phenoxy) is 2. The standard InChI is InChI=1S/C25H24N2O5S/c1-5-32-18-11-9-16(10-12-18)22(28)20-21(17-7-6-8-19(13-17)31-4)27(24(30)23(20)29)25-26-14(2)15(3)33-25/h6-13,21,28H,5H2,1-4H3. The van der Waals surface area contributed by atoms with Crippen LogP contribution < -0.4 is 14.4 Å². The maximum atomic E-state index is 13.2. The second-order valence-corrected chi connectivity index (χ2v) is 8.72. The molecule has 0 radical (unpaired) electrons. The van der Waals surface area contributed by atoms with Gasteiger partial charge in [-0.1, -0.05) is 12.1 Å². The molecule has 1 aromatic heterocycles. The van der Waals surface area contributed by atoms with Crippen LogP contribution in [0.2, 0.25) is 0 Å². The molecule has 33 heavy (non-hydrogen) atoms. The summed E-state index contributed by atoms with van der Waals surface area (Å²) in [7, 11) is 1.55. The molecule has 8 heteroatoms. The third-order valence-electron chi connectivity index (χ3n) is 5.52. The number of thiazole rings is 1. The number of methoxy groups -OCH3 is 1. The molecule has 0 spiro atoms. The fraction of sp³-hybridized carbons (Fsp3) is 0.240. The van der Waals surface area contributed by atoms with E-state index in [1.807, 2.05) is 20.8 Å². The summed E-state index contributed by atoms with van der Waals surface area (Å²) < 4.78 is 10.8. The number of aryl methyl sites for hydroxylation is 2. The van der Waals surface area contributed by atoms with Gasteiger partial charge in [0.05, 0.1) is 31.0 Å². The number of Topliss-reactive ketones (excluding diaryl/α,β-unsaturated/α-hetero) is 1. The minimum absolute atomic E-state index is 0.00270. The van der Waals surface area contributed by atoms with Crippen LogP contribution in [-0.4, -0.2) is 35.5 Å². The van der Waals surface area contributed by atoms with Crippen LogP contribution in [0.15, 0.2) is 54.1 Å². The number of amides is 1. The van der Waals surface area contributed by atoms with Gasteiger partial charge in [-0.2, -0.15) is 0 Å². The molecule has 0 bridgehead atoms. The summed E-state index contributed by atoms with van der Waals surface area (Å²) in [6, 6.07) is 13.0. The molecule has 1 atom stereocenters. The first-order valence-corrected chi connectivity index (χ1v) is 11.3. The highest BCUT2D eigenvalue weighted by molar-refractivity contribution is 7.16. The van der Waals surface area contributed by atoms with E-state index in [4.69, 9.17) is 9.47 Å². The highest BCUT2D eigenvalue weighted by atomic mass is 32.1. The zero-order chi connectivity index (χ0) is 23.7. The number of carbonyl (C=O) groups is 2. The summed E-state index contributed by atoms with van der Waals surface area (Å²) in [5.74, 6) is -0.529. The number of anilines is 1. The van der Waals surface area contributed by atoms with Gasteiger partial charge in [0.15, 0.2) is 5.13 Å². The van der Waals surface area contributed by atoms with Crippen molar-refractivity contribution in [2.24, 2.45) is 0 Å². The third-order valence-corrected chi connectivity index (χ3v) is 6.59. The first kappa shape index (κ1) is 22.5. The molecule has 0 aliphatic carbocycles. The zero-order valence-corrected chi connectivity index (χ0v) is 19.6. The average Bonchev–Trinajstić information content (AvgIpc) is 3.29. The number of aliphatic hydroxyl groups excluding tert-OH is 1. The lowest BCUT2D eigenvalue weighted by Gasteiger charge is -2.23. The van der Waals surface area contributed by atoms with Crippen molar-refractivity contribution in [3.8, 4) is 11.5 Å². The van der Waals surface area contributed by atoms with E-state index in [0.29, 0.717) is 34.4 Å². The van der Waals surface area contributed by atoms with Gasteiger partial charge in [0.25, 0.3) is 5.78 Å². The number of benzene rings is 2. The van der Waals surface area contributed by atoms with Gasteiger partial charge in [-0.15, -0.1) is 11.3 Å². The molecule has 1 fully saturated rings. The molecular formula is C25H24N2O5S. The van der Waals surface area contributed by atoms with Crippen molar-refractivity contribution < 1.29 is 24.2 Å². The molecule has 2 heterocycles. The summed E-state index contributed by atoms with van der Waals surface area (Å²) in [6.45, 7) is 6.16. The minimum atomic E-state index is -0.850. The van der Waals surface area contributed by atoms with Crippen molar-refractivity contribution in [1.82, 2.24) is 4.98 Å². The highest BCUT2D eigenvalue weighted by Crippen LogP contribution is 2.44. The van der Waals surface area contributed by atoms with Gasteiger partial charge in [-0.05, 0) is 62.7 Å². The maximum Gasteiger partial charge on any atom is 0.301 e. The van der Waals surface area contributed by atoms with E-state index in [9.17, 15) is 14.7 Å². The van der Waals surface area contributed by atoms with Crippen molar-refractivity contribution in [3.05, 3.63) is 75.8 Å². The van der Waals surface area contributed by atoms with Crippen LogP contribution >= 0.6 is 11.3 Å². The quantitative estimate of drug-likeness (QED) is 0.320. The van der Waals surface area contributed by atoms with Crippen LogP contribution in [0.25, 0.3) is 5.76 Å². The number of rotatable bonds is 6. The first-order chi connectivity index (χ1) is 15.8. The van der Waals surface area contributed by atoms with E-state index in [2.05, 4.69) is 4.98 Å². The predicted molar refractivity (Wildman–Crippen MR) is 127 cm³/mol. The van der Waals surface area contributed by atoms with Gasteiger partial charge in [0.2, 0.25) is 0 Å². The second kappa shape index (κ2) is 9.07. The van der Waals surface area contributed by atoms with Gasteiger partial charge in [0.1, 0.15) is 17.3 Å². The molecule has 170 valence electrons. The van der Waals surface area contributed by atoms with E-state index in [-0.39, 0.29) is 11.3 Å². The lowest BCUT2D eigenvalue weighted by atomic mass is 9.95. The SMILES string of the molecule is CCOc1ccc(C(O)=C2C(=O)C(=O)N(c3nc(C)c(C)s3)C2c2cccc(OC)c2)cc1. The Morgan fingerprint density at radius 2 is 1.85 bits per heavy atom. The number of aliphatic hydroxyl groups is 1. The highest BCUT2D eigenvalue weighted by Gasteiger charge is 2.48. The van der Waals surface area contributed by atoms with Crippen molar-refractivity contribution in [1.29, 1.82) is 0 Å². The largest absolute Gasteiger partial charge is 0.507 e. The number of aromatic nitrogens is 1. The number of nitrogens with zero attached hydrogens (tertiary/aromatic N) is 2. The first-order valence-electron chi connectivity index (χ1n) is 10.5. The van der Waals surface area contributed by atoms with Gasteiger partial charge < -0.3 is 14.6 Å². The van der Waals surface area contributed by atoms with Gasteiger partial charge in [0, 0.05) is 10.4 Å². The topological polar surface area (TPSA) is 89.0 Å². The Bertz CT molecular complexity index is 1230. The normalized spacial score (nSPS) is 17.5. The molecule has 4 rings (SSSR count). The molecule has 1 amide bonds. The van der Waals surface area contributed by atoms with E-state index in [1.54, 1.807) is 55.6 Å². The molecule has 1 N–H and O–H groups in total. The van der Waals surface area contributed by atoms with Crippen molar-refractivity contribution in [3.63, 3.8) is 0 Å². The Kier molecular flexibility index (Phi) is 6.20. The lowest BCUT2D eigenvalue weighted by Crippen LogP contribution is -2.29. The maximum absolute atomic E-state index is 13.2. The summed E-state index contributed by atoms with van der Waals surface area (Å²) in [5.41, 5.74) is 1.83. The summed E-state index contributed by atoms with van der Waals surface area (Å²) in [5, 5.41) is 11.6. The molecule has 1 saturated heterocycles. The van der Waals surface area contributed by atoms with E-state index in [0.717, 1.165) is 10.6 Å². The van der Waals surface area contributed by atoms with Crippen LogP contribution in [0.4, 0.5) is 5.13 Å². The number of carbonyl (C=O) groups excluding carboxylic acids is 2. The molecule has 1 aliphatic heterocycles. The Morgan fingerprint density at radius 3 is 2.45 bits per heavy atom. The van der Waals surface area contributed by atoms with Crippen LogP contribution in [0, 0.1) is 13.8 Å². The molecule has 7 nitrogen and oxygen atoms in total. The van der Waals surface area contributed by atoms with E-state index in [1.165, 1.54) is 16.2 Å². The van der Waals surface area contributed by atoms with Gasteiger partial charge >= 0.3 is 5.91 Å². The fourth-order valence-corrected chi connectivity index (χ4v) is 4.68. The van der Waals surface area contributed by atoms with Crippen molar-refractivity contribution in [2.45, 2.75) is 26.8 Å². The summed E-state index contributed by atoms with van der Waals surface area (Å²) in [6.07, 6.45) is 0. The van der Waals surface area contributed by atoms with E-state index >= 15 is 0 Å². The van der Waals surface area contributed by atoms with E-state index < -0.39 is 17.7 Å². The minimum Gasteiger partial charge on any atom is -0.507 e. The molecule has 3 aromatic rings. The molecule has 0 saturated carbocycles. The monoisotopic (exact) mass is 464 g/mol. The smallest absolute Gasteiger partial charge is 0.301 e. The van der Waals surface area contributed by atoms with Gasteiger partial charge in [-0.3, -0.25) is 14.5 Å². The molecule has 2 aromatic carbocycles. The Labute approximate surface area is 195 Å². The second-order valence-electron chi connectivity index (χ2n) is 7.54. The van der Waals surface area contributed by atoms with Crippen molar-refractivity contribution in [2.75, 3.05) is 18.6 Å². The summed E-state index contributed by atoms with van der Waals surface area (Å²) >= 11 is 1.33. The van der Waals surface area contributed by atoms with Crippen molar-refractivity contribution >= 4 is 33.9 Å². The Balaban J connectivity index is 1.90. The Morgan fingerprint density at radius 1 is 1.12 bits per heavy atom. The Hall–Kier alpha value is -3.65.